The first-order valence-corrected chi connectivity index (χ1v) is 6.80. The normalized spacial score (nSPS) is 10.2. The summed E-state index contributed by atoms with van der Waals surface area (Å²) in [5.41, 5.74) is 1.27. The number of carbonyl (C=O) groups is 2. The summed E-state index contributed by atoms with van der Waals surface area (Å²) in [5.74, 6) is -0.847. The third kappa shape index (κ3) is 3.64. The van der Waals surface area contributed by atoms with Gasteiger partial charge >= 0.3 is 0 Å². The summed E-state index contributed by atoms with van der Waals surface area (Å²) in [6.07, 6.45) is -0.289. The average Bonchev–Trinajstić information content (AvgIpc) is 2.85. The number of para-hydroxylation sites is 1. The molecule has 1 heterocycles. The van der Waals surface area contributed by atoms with Gasteiger partial charge in [0.05, 0.1) is 5.69 Å². The van der Waals surface area contributed by atoms with Gasteiger partial charge in [0.1, 0.15) is 5.75 Å². The highest BCUT2D eigenvalue weighted by molar-refractivity contribution is 7.11. The van der Waals surface area contributed by atoms with Gasteiger partial charge in [0.2, 0.25) is 5.78 Å². The van der Waals surface area contributed by atoms with Crippen LogP contribution in [0.5, 0.6) is 5.75 Å². The third-order valence-corrected chi connectivity index (χ3v) is 3.50. The predicted octanol–water partition coefficient (Wildman–Crippen LogP) is 1.01. The number of nitrogens with zero attached hydrogens (tertiary/aromatic N) is 1. The molecule has 104 valence electrons. The molecule has 0 aliphatic heterocycles. The van der Waals surface area contributed by atoms with Crippen molar-refractivity contribution in [3.63, 3.8) is 0 Å². The zero-order valence-electron chi connectivity index (χ0n) is 10.8. The number of ether oxygens (including phenoxy) is 1. The number of aryl methyl sites for hydroxylation is 1. The molecular weight excluding hydrogens is 278 g/mol. The van der Waals surface area contributed by atoms with E-state index in [1.807, 2.05) is 25.1 Å². The summed E-state index contributed by atoms with van der Waals surface area (Å²) in [4.78, 5) is 26.3. The number of thiazole rings is 1. The van der Waals surface area contributed by atoms with Gasteiger partial charge in [-0.1, -0.05) is 18.2 Å². The van der Waals surface area contributed by atoms with Gasteiger partial charge in [0.15, 0.2) is 11.6 Å². The first-order valence-electron chi connectivity index (χ1n) is 5.92. The average molecular weight is 290 g/mol. The lowest BCUT2D eigenvalue weighted by Crippen LogP contribution is -2.24. The van der Waals surface area contributed by atoms with Crippen LogP contribution in [-0.2, 0) is 11.2 Å². The van der Waals surface area contributed by atoms with E-state index in [-0.39, 0.29) is 23.8 Å². The fourth-order valence-corrected chi connectivity index (χ4v) is 2.33. The van der Waals surface area contributed by atoms with Crippen molar-refractivity contribution in [2.45, 2.75) is 13.3 Å². The number of carboxylic acid groups (broad SMARTS) is 1. The Morgan fingerprint density at radius 2 is 2.10 bits per heavy atom. The van der Waals surface area contributed by atoms with E-state index in [0.717, 1.165) is 16.9 Å². The first-order chi connectivity index (χ1) is 9.56. The van der Waals surface area contributed by atoms with Gasteiger partial charge in [-0.3, -0.25) is 4.79 Å². The number of Topliss-reactive ketones (excluding diaryl/α,β-unsaturated/α-hetero) is 1. The summed E-state index contributed by atoms with van der Waals surface area (Å²) in [6, 6.07) is 7.39. The molecule has 6 heteroatoms. The number of rotatable bonds is 6. The van der Waals surface area contributed by atoms with Crippen LogP contribution in [-0.4, -0.2) is 23.3 Å². The summed E-state index contributed by atoms with van der Waals surface area (Å²) < 4.78 is 5.43. The number of aromatic nitrogens is 1. The Kier molecular flexibility index (Phi) is 4.47. The van der Waals surface area contributed by atoms with Crippen LogP contribution in [0.3, 0.4) is 0 Å². The maximum Gasteiger partial charge on any atom is 0.228 e. The maximum atomic E-state index is 11.9. The smallest absolute Gasteiger partial charge is 0.228 e. The van der Waals surface area contributed by atoms with Crippen molar-refractivity contribution in [2.24, 2.45) is 0 Å². The minimum Gasteiger partial charge on any atom is -0.550 e. The Labute approximate surface area is 119 Å². The monoisotopic (exact) mass is 290 g/mol. The molecule has 0 spiro atoms. The molecule has 2 aromatic rings. The van der Waals surface area contributed by atoms with Crippen LogP contribution in [0.25, 0.3) is 0 Å². The van der Waals surface area contributed by atoms with Crippen molar-refractivity contribution in [3.8, 4) is 5.75 Å². The van der Waals surface area contributed by atoms with Crippen molar-refractivity contribution < 1.29 is 19.4 Å². The highest BCUT2D eigenvalue weighted by atomic mass is 32.1. The van der Waals surface area contributed by atoms with E-state index in [1.54, 1.807) is 6.07 Å². The number of benzene rings is 1. The van der Waals surface area contributed by atoms with Crippen LogP contribution in [0, 0.1) is 6.92 Å². The zero-order valence-corrected chi connectivity index (χ0v) is 11.6. The van der Waals surface area contributed by atoms with Crippen molar-refractivity contribution in [1.29, 1.82) is 0 Å². The molecule has 0 aliphatic carbocycles. The number of ketones is 1. The molecule has 1 aromatic heterocycles. The number of carboxylic acids is 1. The molecule has 0 saturated carbocycles. The highest BCUT2D eigenvalue weighted by Gasteiger charge is 2.12. The molecule has 0 unspecified atom stereocenters. The van der Waals surface area contributed by atoms with Crippen molar-refractivity contribution in [1.82, 2.24) is 4.98 Å². The van der Waals surface area contributed by atoms with E-state index < -0.39 is 5.97 Å². The largest absolute Gasteiger partial charge is 0.550 e. The van der Waals surface area contributed by atoms with E-state index >= 15 is 0 Å². The molecule has 5 nitrogen and oxygen atoms in total. The van der Waals surface area contributed by atoms with Crippen molar-refractivity contribution in [3.05, 3.63) is 45.9 Å². The van der Waals surface area contributed by atoms with Gasteiger partial charge in [0.25, 0.3) is 0 Å². The number of hydrogen-bond donors (Lipinski definition) is 0. The fraction of sp³-hybridized carbons (Fsp3) is 0.214. The van der Waals surface area contributed by atoms with Gasteiger partial charge in [-0.2, -0.15) is 0 Å². The summed E-state index contributed by atoms with van der Waals surface area (Å²) in [7, 11) is 0. The van der Waals surface area contributed by atoms with Gasteiger partial charge in [-0.05, 0) is 18.6 Å². The van der Waals surface area contributed by atoms with Crippen LogP contribution < -0.4 is 9.84 Å². The Bertz CT molecular complexity index is 636. The summed E-state index contributed by atoms with van der Waals surface area (Å²) >= 11 is 1.11. The molecule has 0 bridgehead atoms. The van der Waals surface area contributed by atoms with E-state index in [9.17, 15) is 14.7 Å². The Morgan fingerprint density at radius 3 is 2.80 bits per heavy atom. The molecular formula is C14H12NO4S-. The molecule has 0 radical (unpaired) electrons. The highest BCUT2D eigenvalue weighted by Crippen LogP contribution is 2.17. The van der Waals surface area contributed by atoms with Crippen molar-refractivity contribution in [2.75, 3.05) is 6.61 Å². The first kappa shape index (κ1) is 14.2. The quantitative estimate of drug-likeness (QED) is 0.742. The minimum absolute atomic E-state index is 0.122. The Morgan fingerprint density at radius 1 is 1.35 bits per heavy atom. The van der Waals surface area contributed by atoms with Crippen LogP contribution in [0.4, 0.5) is 0 Å². The zero-order chi connectivity index (χ0) is 14.5. The van der Waals surface area contributed by atoms with Crippen LogP contribution in [0.1, 0.15) is 21.1 Å². The molecule has 2 rings (SSSR count). The lowest BCUT2D eigenvalue weighted by Gasteiger charge is -2.06. The standard InChI is InChI=1S/C14H13NO4S/c1-9-4-2-3-5-12(9)19-7-11(16)14-15-10(8-20-14)6-13(17)18/h2-5,8H,6-7H2,1H3,(H,17,18)/p-1. The van der Waals surface area contributed by atoms with Gasteiger partial charge in [-0.25, -0.2) is 4.98 Å². The van der Waals surface area contributed by atoms with E-state index in [0.29, 0.717) is 11.4 Å². The molecule has 20 heavy (non-hydrogen) atoms. The maximum absolute atomic E-state index is 11.9. The second kappa shape index (κ2) is 6.29. The predicted molar refractivity (Wildman–Crippen MR) is 71.8 cm³/mol. The number of hydrogen-bond acceptors (Lipinski definition) is 6. The molecule has 0 fully saturated rings. The van der Waals surface area contributed by atoms with Crippen LogP contribution in [0.15, 0.2) is 29.6 Å². The topological polar surface area (TPSA) is 79.3 Å². The molecule has 0 amide bonds. The fourth-order valence-electron chi connectivity index (χ4n) is 1.59. The van der Waals surface area contributed by atoms with Crippen LogP contribution >= 0.6 is 11.3 Å². The lowest BCUT2D eigenvalue weighted by molar-refractivity contribution is -0.304. The minimum atomic E-state index is -1.22. The molecule has 1 aromatic carbocycles. The molecule has 0 saturated heterocycles. The molecule has 0 aliphatic rings. The van der Waals surface area contributed by atoms with Gasteiger partial charge < -0.3 is 14.6 Å². The van der Waals surface area contributed by atoms with Crippen LogP contribution in [0.2, 0.25) is 0 Å². The van der Waals surface area contributed by atoms with E-state index in [4.69, 9.17) is 4.74 Å². The SMILES string of the molecule is Cc1ccccc1OCC(=O)c1nc(CC(=O)[O-])cs1. The second-order valence-electron chi connectivity index (χ2n) is 4.17. The van der Waals surface area contributed by atoms with Crippen molar-refractivity contribution >= 4 is 23.1 Å². The van der Waals surface area contributed by atoms with E-state index in [1.165, 1.54) is 5.38 Å². The number of aliphatic carboxylic acids is 1. The summed E-state index contributed by atoms with van der Waals surface area (Å²) in [6.45, 7) is 1.77. The van der Waals surface area contributed by atoms with E-state index in [2.05, 4.69) is 4.98 Å². The lowest BCUT2D eigenvalue weighted by atomic mass is 10.2. The number of carbonyl (C=O) groups excluding carboxylic acids is 2. The molecule has 0 N–H and O–H groups in total. The Balaban J connectivity index is 1.97. The third-order valence-electron chi connectivity index (χ3n) is 2.57. The molecule has 0 atom stereocenters. The second-order valence-corrected chi connectivity index (χ2v) is 5.03. The van der Waals surface area contributed by atoms with Gasteiger partial charge in [-0.15, -0.1) is 11.3 Å². The Hall–Kier alpha value is -2.21. The van der Waals surface area contributed by atoms with Gasteiger partial charge in [0, 0.05) is 17.8 Å². The summed E-state index contributed by atoms with van der Waals surface area (Å²) in [5, 5.41) is 12.2.